The van der Waals surface area contributed by atoms with Gasteiger partial charge in [0.15, 0.2) is 5.16 Å². The normalized spacial score (nSPS) is 17.1. The number of alkyl halides is 3. The molecule has 0 saturated carbocycles. The minimum atomic E-state index is -4.43. The van der Waals surface area contributed by atoms with Gasteiger partial charge in [-0.3, -0.25) is 9.36 Å². The fourth-order valence-electron chi connectivity index (χ4n) is 3.48. The third-order valence-electron chi connectivity index (χ3n) is 4.92. The number of benzene rings is 2. The highest BCUT2D eigenvalue weighted by atomic mass is 32.2. The van der Waals surface area contributed by atoms with Gasteiger partial charge < -0.3 is 4.74 Å². The molecule has 0 amide bonds. The van der Waals surface area contributed by atoms with Gasteiger partial charge in [0.2, 0.25) is 0 Å². The molecule has 4 rings (SSSR count). The van der Waals surface area contributed by atoms with Crippen LogP contribution in [0.5, 0.6) is 0 Å². The van der Waals surface area contributed by atoms with Crippen molar-refractivity contribution in [1.29, 1.82) is 0 Å². The van der Waals surface area contributed by atoms with Crippen molar-refractivity contribution in [2.24, 2.45) is 0 Å². The zero-order valence-corrected chi connectivity index (χ0v) is 16.3. The van der Waals surface area contributed by atoms with Crippen LogP contribution in [0.25, 0.3) is 10.9 Å². The van der Waals surface area contributed by atoms with Crippen molar-refractivity contribution >= 4 is 22.7 Å². The fourth-order valence-corrected chi connectivity index (χ4v) is 4.49. The molecule has 1 atom stereocenters. The van der Waals surface area contributed by atoms with Crippen molar-refractivity contribution in [1.82, 2.24) is 9.55 Å². The van der Waals surface area contributed by atoms with Gasteiger partial charge in [-0.05, 0) is 36.6 Å². The van der Waals surface area contributed by atoms with Crippen LogP contribution in [0.2, 0.25) is 0 Å². The van der Waals surface area contributed by atoms with Crippen LogP contribution in [-0.4, -0.2) is 22.3 Å². The Morgan fingerprint density at radius 3 is 2.66 bits per heavy atom. The third-order valence-corrected chi connectivity index (χ3v) is 5.94. The van der Waals surface area contributed by atoms with Gasteiger partial charge in [-0.15, -0.1) is 0 Å². The molecule has 8 heteroatoms. The second-order valence-corrected chi connectivity index (χ2v) is 7.85. The molecule has 0 N–H and O–H groups in total. The average molecular weight is 420 g/mol. The van der Waals surface area contributed by atoms with Gasteiger partial charge in [0, 0.05) is 12.4 Å². The summed E-state index contributed by atoms with van der Waals surface area (Å²) in [6, 6.07) is 12.5. The lowest BCUT2D eigenvalue weighted by molar-refractivity contribution is -0.138. The largest absolute Gasteiger partial charge is 0.416 e. The Morgan fingerprint density at radius 1 is 1.14 bits per heavy atom. The number of hydrogen-bond donors (Lipinski definition) is 0. The number of rotatable bonds is 5. The number of thioether (sulfide) groups is 1. The van der Waals surface area contributed by atoms with E-state index in [2.05, 4.69) is 4.98 Å². The van der Waals surface area contributed by atoms with Gasteiger partial charge in [-0.1, -0.05) is 42.1 Å². The standard InChI is InChI=1S/C21H19F3N2O2S/c22-21(23,24)17-9-3-1-6-14(17)13-29-20-25-18-10-4-2-8-16(18)19(27)26(20)12-15-7-5-11-28-15/h1-4,6,8-10,15H,5,7,11-13H2/t15-/m0/s1. The van der Waals surface area contributed by atoms with Crippen LogP contribution in [-0.2, 0) is 23.2 Å². The smallest absolute Gasteiger partial charge is 0.376 e. The molecule has 0 bridgehead atoms. The quantitative estimate of drug-likeness (QED) is 0.436. The van der Waals surface area contributed by atoms with E-state index in [1.54, 1.807) is 34.9 Å². The van der Waals surface area contributed by atoms with Crippen LogP contribution in [0.3, 0.4) is 0 Å². The molecular weight excluding hydrogens is 401 g/mol. The summed E-state index contributed by atoms with van der Waals surface area (Å²) in [5.74, 6) is 0.0615. The van der Waals surface area contributed by atoms with Crippen LogP contribution in [0.15, 0.2) is 58.5 Å². The molecule has 4 nitrogen and oxygen atoms in total. The maximum Gasteiger partial charge on any atom is 0.416 e. The summed E-state index contributed by atoms with van der Waals surface area (Å²) in [6.07, 6.45) is -2.73. The predicted molar refractivity (Wildman–Crippen MR) is 106 cm³/mol. The monoisotopic (exact) mass is 420 g/mol. The summed E-state index contributed by atoms with van der Waals surface area (Å²) in [5.41, 5.74) is -0.164. The van der Waals surface area contributed by atoms with Gasteiger partial charge in [-0.2, -0.15) is 13.2 Å². The second-order valence-electron chi connectivity index (χ2n) is 6.91. The van der Waals surface area contributed by atoms with E-state index >= 15 is 0 Å². The van der Waals surface area contributed by atoms with Crippen molar-refractivity contribution in [3.05, 3.63) is 70.0 Å². The number of nitrogens with zero attached hydrogens (tertiary/aromatic N) is 2. The summed E-state index contributed by atoms with van der Waals surface area (Å²) < 4.78 is 47.1. The van der Waals surface area contributed by atoms with Gasteiger partial charge in [-0.25, -0.2) is 4.98 Å². The molecule has 1 saturated heterocycles. The second kappa shape index (κ2) is 8.20. The SMILES string of the molecule is O=c1c2ccccc2nc(SCc2ccccc2C(F)(F)F)n1C[C@@H]1CCCO1. The van der Waals surface area contributed by atoms with Crippen LogP contribution in [0.4, 0.5) is 13.2 Å². The molecule has 0 unspecified atom stereocenters. The Bertz CT molecular complexity index is 1080. The molecule has 1 aliphatic rings. The fraction of sp³-hybridized carbons (Fsp3) is 0.333. The first-order valence-corrected chi connectivity index (χ1v) is 10.3. The summed E-state index contributed by atoms with van der Waals surface area (Å²) in [7, 11) is 0. The van der Waals surface area contributed by atoms with Crippen LogP contribution in [0.1, 0.15) is 24.0 Å². The first kappa shape index (κ1) is 20.0. The number of halogens is 3. The Labute approximate surface area is 169 Å². The highest BCUT2D eigenvalue weighted by Crippen LogP contribution is 2.34. The Kier molecular flexibility index (Phi) is 5.65. The zero-order valence-electron chi connectivity index (χ0n) is 15.5. The summed E-state index contributed by atoms with van der Waals surface area (Å²) in [5, 5.41) is 0.895. The molecular formula is C21H19F3N2O2S. The van der Waals surface area contributed by atoms with Crippen molar-refractivity contribution < 1.29 is 17.9 Å². The van der Waals surface area contributed by atoms with Crippen molar-refractivity contribution in [2.45, 2.75) is 42.6 Å². The molecule has 0 radical (unpaired) electrons. The van der Waals surface area contributed by atoms with E-state index in [0.29, 0.717) is 29.2 Å². The molecule has 0 spiro atoms. The van der Waals surface area contributed by atoms with E-state index in [-0.39, 0.29) is 23.0 Å². The van der Waals surface area contributed by atoms with Crippen LogP contribution < -0.4 is 5.56 Å². The molecule has 0 aliphatic carbocycles. The van der Waals surface area contributed by atoms with E-state index in [1.807, 2.05) is 0 Å². The van der Waals surface area contributed by atoms with Crippen LogP contribution in [0, 0.1) is 0 Å². The molecule has 152 valence electrons. The lowest BCUT2D eigenvalue weighted by atomic mass is 10.1. The van der Waals surface area contributed by atoms with Gasteiger partial charge in [0.1, 0.15) is 0 Å². The minimum Gasteiger partial charge on any atom is -0.376 e. The maximum atomic E-state index is 13.3. The van der Waals surface area contributed by atoms with Crippen molar-refractivity contribution in [2.75, 3.05) is 6.61 Å². The van der Waals surface area contributed by atoms with E-state index < -0.39 is 11.7 Å². The Morgan fingerprint density at radius 2 is 1.90 bits per heavy atom. The number of aromatic nitrogens is 2. The highest BCUT2D eigenvalue weighted by Gasteiger charge is 2.33. The minimum absolute atomic E-state index is 0.0615. The molecule has 2 aromatic carbocycles. The maximum absolute atomic E-state index is 13.3. The first-order chi connectivity index (χ1) is 13.9. The van der Waals surface area contributed by atoms with E-state index in [9.17, 15) is 18.0 Å². The predicted octanol–water partition coefficient (Wildman–Crippen LogP) is 4.89. The van der Waals surface area contributed by atoms with E-state index in [0.717, 1.165) is 30.7 Å². The van der Waals surface area contributed by atoms with Crippen LogP contribution >= 0.6 is 11.8 Å². The van der Waals surface area contributed by atoms with E-state index in [4.69, 9.17) is 4.74 Å². The third kappa shape index (κ3) is 4.33. The number of ether oxygens (including phenoxy) is 1. The number of para-hydroxylation sites is 1. The lowest BCUT2D eigenvalue weighted by Gasteiger charge is -2.17. The summed E-state index contributed by atoms with van der Waals surface area (Å²) >= 11 is 1.14. The molecule has 1 aliphatic heterocycles. The molecule has 1 aromatic heterocycles. The summed E-state index contributed by atoms with van der Waals surface area (Å²) in [4.78, 5) is 17.6. The van der Waals surface area contributed by atoms with Gasteiger partial charge in [0.05, 0.1) is 29.1 Å². The average Bonchev–Trinajstić information content (AvgIpc) is 3.22. The van der Waals surface area contributed by atoms with Gasteiger partial charge >= 0.3 is 6.18 Å². The molecule has 2 heterocycles. The Hall–Kier alpha value is -2.32. The van der Waals surface area contributed by atoms with E-state index in [1.165, 1.54) is 12.1 Å². The number of hydrogen-bond acceptors (Lipinski definition) is 4. The number of fused-ring (bicyclic) bond motifs is 1. The van der Waals surface area contributed by atoms with Crippen molar-refractivity contribution in [3.63, 3.8) is 0 Å². The molecule has 3 aromatic rings. The molecule has 1 fully saturated rings. The summed E-state index contributed by atoms with van der Waals surface area (Å²) in [6.45, 7) is 1.00. The zero-order chi connectivity index (χ0) is 20.4. The first-order valence-electron chi connectivity index (χ1n) is 9.32. The van der Waals surface area contributed by atoms with Gasteiger partial charge in [0.25, 0.3) is 5.56 Å². The Balaban J connectivity index is 1.70. The van der Waals surface area contributed by atoms with Crippen molar-refractivity contribution in [3.8, 4) is 0 Å². The topological polar surface area (TPSA) is 44.1 Å². The highest BCUT2D eigenvalue weighted by molar-refractivity contribution is 7.98. The lowest BCUT2D eigenvalue weighted by Crippen LogP contribution is -2.28. The molecule has 29 heavy (non-hydrogen) atoms.